The van der Waals surface area contributed by atoms with E-state index in [1.807, 2.05) is 0 Å². The Bertz CT molecular complexity index is 241. The SMILES string of the molecule is CCOC=C(C(C)=O)C(=O)OC(C)C. The van der Waals surface area contributed by atoms with Crippen molar-refractivity contribution in [2.45, 2.75) is 33.8 Å². The monoisotopic (exact) mass is 200 g/mol. The highest BCUT2D eigenvalue weighted by atomic mass is 16.5. The Morgan fingerprint density at radius 2 is 1.93 bits per heavy atom. The van der Waals surface area contributed by atoms with Gasteiger partial charge < -0.3 is 9.47 Å². The molecule has 0 spiro atoms. The third kappa shape index (κ3) is 4.64. The lowest BCUT2D eigenvalue weighted by atomic mass is 10.2. The number of ether oxygens (including phenoxy) is 2. The first-order chi connectivity index (χ1) is 6.49. The number of carbonyl (C=O) groups is 2. The number of hydrogen-bond donors (Lipinski definition) is 0. The van der Waals surface area contributed by atoms with Crippen molar-refractivity contribution in [2.75, 3.05) is 6.61 Å². The van der Waals surface area contributed by atoms with Gasteiger partial charge in [-0.2, -0.15) is 0 Å². The van der Waals surface area contributed by atoms with Crippen LogP contribution in [0.5, 0.6) is 0 Å². The van der Waals surface area contributed by atoms with Crippen molar-refractivity contribution in [1.82, 2.24) is 0 Å². The molecule has 0 aromatic rings. The molecule has 0 atom stereocenters. The zero-order valence-corrected chi connectivity index (χ0v) is 8.99. The minimum atomic E-state index is -0.638. The topological polar surface area (TPSA) is 52.6 Å². The average Bonchev–Trinajstić information content (AvgIpc) is 2.02. The molecule has 0 saturated carbocycles. The van der Waals surface area contributed by atoms with Crippen molar-refractivity contribution >= 4 is 11.8 Å². The summed E-state index contributed by atoms with van der Waals surface area (Å²) < 4.78 is 9.74. The predicted molar refractivity (Wildman–Crippen MR) is 51.6 cm³/mol. The van der Waals surface area contributed by atoms with Gasteiger partial charge in [0, 0.05) is 0 Å². The molecule has 0 radical (unpaired) electrons. The van der Waals surface area contributed by atoms with Crippen molar-refractivity contribution in [1.29, 1.82) is 0 Å². The van der Waals surface area contributed by atoms with Crippen LogP contribution < -0.4 is 0 Å². The summed E-state index contributed by atoms with van der Waals surface area (Å²) in [5, 5.41) is 0. The largest absolute Gasteiger partial charge is 0.500 e. The Kier molecular flexibility index (Phi) is 5.60. The molecule has 0 rings (SSSR count). The fraction of sp³-hybridized carbons (Fsp3) is 0.600. The Balaban J connectivity index is 4.50. The van der Waals surface area contributed by atoms with Crippen molar-refractivity contribution in [3.8, 4) is 0 Å². The molecule has 4 heteroatoms. The van der Waals surface area contributed by atoms with Crippen LogP contribution in [0.1, 0.15) is 27.7 Å². The van der Waals surface area contributed by atoms with Crippen LogP contribution in [-0.4, -0.2) is 24.5 Å². The second kappa shape index (κ2) is 6.18. The highest BCUT2D eigenvalue weighted by Gasteiger charge is 2.17. The molecule has 80 valence electrons. The van der Waals surface area contributed by atoms with Gasteiger partial charge >= 0.3 is 5.97 Å². The van der Waals surface area contributed by atoms with E-state index in [0.717, 1.165) is 6.26 Å². The molecule has 0 fully saturated rings. The molecule has 0 unspecified atom stereocenters. The van der Waals surface area contributed by atoms with Gasteiger partial charge in [-0.05, 0) is 27.7 Å². The van der Waals surface area contributed by atoms with E-state index in [0.29, 0.717) is 6.61 Å². The standard InChI is InChI=1S/C10H16O4/c1-5-13-6-9(8(4)11)10(12)14-7(2)3/h6-7H,5H2,1-4H3. The lowest BCUT2D eigenvalue weighted by Gasteiger charge is -2.08. The fourth-order valence-electron chi connectivity index (χ4n) is 0.719. The summed E-state index contributed by atoms with van der Waals surface area (Å²) >= 11 is 0. The Morgan fingerprint density at radius 1 is 1.36 bits per heavy atom. The van der Waals surface area contributed by atoms with Gasteiger partial charge in [-0.1, -0.05) is 0 Å². The molecule has 4 nitrogen and oxygen atoms in total. The molecule has 0 amide bonds. The highest BCUT2D eigenvalue weighted by Crippen LogP contribution is 2.03. The van der Waals surface area contributed by atoms with Crippen LogP contribution >= 0.6 is 0 Å². The number of ketones is 1. The summed E-state index contributed by atoms with van der Waals surface area (Å²) in [7, 11) is 0. The first-order valence-corrected chi connectivity index (χ1v) is 4.52. The van der Waals surface area contributed by atoms with Gasteiger partial charge in [0.05, 0.1) is 12.7 Å². The highest BCUT2D eigenvalue weighted by molar-refractivity contribution is 6.16. The number of carbonyl (C=O) groups excluding carboxylic acids is 2. The third-order valence-electron chi connectivity index (χ3n) is 1.31. The summed E-state index contributed by atoms with van der Waals surface area (Å²) in [5.41, 5.74) is -0.0550. The van der Waals surface area contributed by atoms with E-state index in [1.54, 1.807) is 20.8 Å². The maximum atomic E-state index is 11.3. The molecule has 0 aliphatic rings. The summed E-state index contributed by atoms with van der Waals surface area (Å²) in [6, 6.07) is 0. The second-order valence-corrected chi connectivity index (χ2v) is 3.00. The molecular weight excluding hydrogens is 184 g/mol. The van der Waals surface area contributed by atoms with E-state index in [2.05, 4.69) is 0 Å². The molecule has 0 heterocycles. The van der Waals surface area contributed by atoms with Crippen LogP contribution in [0.25, 0.3) is 0 Å². The van der Waals surface area contributed by atoms with Gasteiger partial charge in [0.2, 0.25) is 0 Å². The zero-order chi connectivity index (χ0) is 11.1. The van der Waals surface area contributed by atoms with Gasteiger partial charge in [-0.15, -0.1) is 0 Å². The lowest BCUT2D eigenvalue weighted by molar-refractivity contribution is -0.143. The van der Waals surface area contributed by atoms with Gasteiger partial charge in [0.25, 0.3) is 0 Å². The second-order valence-electron chi connectivity index (χ2n) is 3.00. The predicted octanol–water partition coefficient (Wildman–Crippen LogP) is 1.45. The van der Waals surface area contributed by atoms with Crippen molar-refractivity contribution in [3.63, 3.8) is 0 Å². The quantitative estimate of drug-likeness (QED) is 0.221. The molecule has 0 aromatic heterocycles. The smallest absolute Gasteiger partial charge is 0.345 e. The van der Waals surface area contributed by atoms with Crippen molar-refractivity contribution in [3.05, 3.63) is 11.8 Å². The normalized spacial score (nSPS) is 11.4. The Hall–Kier alpha value is -1.32. The van der Waals surface area contributed by atoms with E-state index in [-0.39, 0.29) is 17.5 Å². The van der Waals surface area contributed by atoms with Gasteiger partial charge in [-0.25, -0.2) is 4.79 Å². The first-order valence-electron chi connectivity index (χ1n) is 4.52. The first kappa shape index (κ1) is 12.7. The van der Waals surface area contributed by atoms with Crippen LogP contribution in [0.3, 0.4) is 0 Å². The summed E-state index contributed by atoms with van der Waals surface area (Å²) in [5.74, 6) is -0.995. The molecule has 0 aliphatic heterocycles. The molecule has 0 saturated heterocycles. The van der Waals surface area contributed by atoms with E-state index in [1.165, 1.54) is 6.92 Å². The summed E-state index contributed by atoms with van der Waals surface area (Å²) in [6.07, 6.45) is 0.902. The number of esters is 1. The van der Waals surface area contributed by atoms with E-state index >= 15 is 0 Å². The fourth-order valence-corrected chi connectivity index (χ4v) is 0.719. The average molecular weight is 200 g/mol. The lowest BCUT2D eigenvalue weighted by Crippen LogP contribution is -2.18. The zero-order valence-electron chi connectivity index (χ0n) is 8.99. The maximum absolute atomic E-state index is 11.3. The minimum absolute atomic E-state index is 0.0550. The van der Waals surface area contributed by atoms with Crippen LogP contribution in [0, 0.1) is 0 Å². The van der Waals surface area contributed by atoms with Crippen LogP contribution in [0.2, 0.25) is 0 Å². The van der Waals surface area contributed by atoms with Crippen LogP contribution in [0.4, 0.5) is 0 Å². The van der Waals surface area contributed by atoms with E-state index < -0.39 is 5.97 Å². The minimum Gasteiger partial charge on any atom is -0.500 e. The molecule has 0 N–H and O–H groups in total. The maximum Gasteiger partial charge on any atom is 0.345 e. The Morgan fingerprint density at radius 3 is 2.29 bits per heavy atom. The summed E-state index contributed by atoms with van der Waals surface area (Å²) in [6.45, 7) is 6.91. The summed E-state index contributed by atoms with van der Waals surface area (Å²) in [4.78, 5) is 22.3. The number of rotatable bonds is 5. The molecule has 14 heavy (non-hydrogen) atoms. The Labute approximate surface area is 83.9 Å². The van der Waals surface area contributed by atoms with Crippen molar-refractivity contribution < 1.29 is 19.1 Å². The van der Waals surface area contributed by atoms with E-state index in [4.69, 9.17) is 9.47 Å². The van der Waals surface area contributed by atoms with Crippen LogP contribution in [0.15, 0.2) is 11.8 Å². The molecule has 0 bridgehead atoms. The van der Waals surface area contributed by atoms with Gasteiger partial charge in [0.1, 0.15) is 11.8 Å². The molecule has 0 aliphatic carbocycles. The van der Waals surface area contributed by atoms with Crippen molar-refractivity contribution in [2.24, 2.45) is 0 Å². The van der Waals surface area contributed by atoms with Crippen LogP contribution in [-0.2, 0) is 19.1 Å². The van der Waals surface area contributed by atoms with Gasteiger partial charge in [-0.3, -0.25) is 4.79 Å². The third-order valence-corrected chi connectivity index (χ3v) is 1.31. The molecule has 0 aromatic carbocycles. The molecular formula is C10H16O4. The van der Waals surface area contributed by atoms with Gasteiger partial charge in [0.15, 0.2) is 5.78 Å². The number of hydrogen-bond acceptors (Lipinski definition) is 4. The van der Waals surface area contributed by atoms with E-state index in [9.17, 15) is 9.59 Å². The number of Topliss-reactive ketones (excluding diaryl/α,β-unsaturated/α-hetero) is 1.